The first-order valence-corrected chi connectivity index (χ1v) is 7.94. The van der Waals surface area contributed by atoms with Crippen molar-refractivity contribution in [2.45, 2.75) is 25.3 Å². The molecule has 25 heavy (non-hydrogen) atoms. The molecule has 0 aliphatic carbocycles. The number of amides is 4. The van der Waals surface area contributed by atoms with Crippen LogP contribution in [0.3, 0.4) is 0 Å². The monoisotopic (exact) mass is 339 g/mol. The van der Waals surface area contributed by atoms with Crippen molar-refractivity contribution in [1.82, 2.24) is 10.2 Å². The van der Waals surface area contributed by atoms with E-state index >= 15 is 0 Å². The third kappa shape index (κ3) is 2.87. The largest absolute Gasteiger partial charge is 0.374 e. The Morgan fingerprint density at radius 3 is 2.64 bits per heavy atom. The zero-order valence-electron chi connectivity index (χ0n) is 13.7. The van der Waals surface area contributed by atoms with E-state index in [0.29, 0.717) is 13.0 Å². The Hall–Kier alpha value is -3.14. The number of benzene rings is 1. The van der Waals surface area contributed by atoms with Gasteiger partial charge in [-0.1, -0.05) is 0 Å². The predicted octanol–water partition coefficient (Wildman–Crippen LogP) is 0.547. The minimum Gasteiger partial charge on any atom is -0.374 e. The lowest BCUT2D eigenvalue weighted by Gasteiger charge is -2.27. The highest BCUT2D eigenvalue weighted by Gasteiger charge is 2.44. The number of terminal acetylenes is 1. The maximum absolute atomic E-state index is 12.7. The number of hydrogen-bond donors (Lipinski definition) is 1. The molecule has 2 aliphatic rings. The second kappa shape index (κ2) is 6.40. The summed E-state index contributed by atoms with van der Waals surface area (Å²) in [7, 11) is 1.85. The molecule has 1 atom stereocenters. The summed E-state index contributed by atoms with van der Waals surface area (Å²) in [6.07, 6.45) is 6.07. The van der Waals surface area contributed by atoms with Crippen molar-refractivity contribution >= 4 is 29.3 Å². The molecule has 128 valence electrons. The molecule has 0 spiro atoms. The van der Waals surface area contributed by atoms with Crippen molar-refractivity contribution < 1.29 is 19.2 Å². The number of hydrogen-bond acceptors (Lipinski definition) is 5. The van der Waals surface area contributed by atoms with Crippen molar-refractivity contribution in [2.75, 3.05) is 18.5 Å². The van der Waals surface area contributed by atoms with E-state index in [1.165, 1.54) is 0 Å². The van der Waals surface area contributed by atoms with Gasteiger partial charge >= 0.3 is 0 Å². The Bertz CT molecular complexity index is 824. The number of rotatable bonds is 4. The number of carbonyl (C=O) groups excluding carboxylic acids is 4. The fraction of sp³-hybridized carbons (Fsp3) is 0.333. The number of piperidine rings is 1. The summed E-state index contributed by atoms with van der Waals surface area (Å²) < 4.78 is 0. The molecule has 2 aliphatic heterocycles. The third-order valence-corrected chi connectivity index (χ3v) is 4.46. The first kappa shape index (κ1) is 16.7. The van der Waals surface area contributed by atoms with Crippen LogP contribution in [0.2, 0.25) is 0 Å². The first-order valence-electron chi connectivity index (χ1n) is 7.94. The lowest BCUT2D eigenvalue weighted by atomic mass is 10.0. The van der Waals surface area contributed by atoms with E-state index < -0.39 is 29.7 Å². The van der Waals surface area contributed by atoms with Crippen LogP contribution in [0, 0.1) is 12.3 Å². The number of nitrogens with one attached hydrogen (secondary N) is 1. The van der Waals surface area contributed by atoms with Gasteiger partial charge in [-0.2, -0.15) is 0 Å². The molecule has 7 heteroatoms. The van der Waals surface area contributed by atoms with E-state index in [1.54, 1.807) is 18.2 Å². The van der Waals surface area contributed by atoms with Crippen LogP contribution in [0.4, 0.5) is 5.69 Å². The molecule has 7 nitrogen and oxygen atoms in total. The third-order valence-electron chi connectivity index (χ3n) is 4.46. The van der Waals surface area contributed by atoms with E-state index in [0.717, 1.165) is 10.6 Å². The SMILES string of the molecule is C#CCCN(C)c1ccc2c(c1)C(=O)N(C1CCC(=O)NC1=O)C2=O. The van der Waals surface area contributed by atoms with Gasteiger partial charge in [-0.25, -0.2) is 0 Å². The zero-order valence-corrected chi connectivity index (χ0v) is 13.7. The second-order valence-corrected chi connectivity index (χ2v) is 6.05. The predicted molar refractivity (Wildman–Crippen MR) is 89.8 cm³/mol. The van der Waals surface area contributed by atoms with Crippen LogP contribution in [0.15, 0.2) is 18.2 Å². The lowest BCUT2D eigenvalue weighted by molar-refractivity contribution is -0.136. The van der Waals surface area contributed by atoms with Crippen LogP contribution in [0.25, 0.3) is 0 Å². The summed E-state index contributed by atoms with van der Waals surface area (Å²) >= 11 is 0. The average molecular weight is 339 g/mol. The van der Waals surface area contributed by atoms with Gasteiger partial charge in [0.05, 0.1) is 11.1 Å². The normalized spacial score (nSPS) is 19.5. The molecule has 3 rings (SSSR count). The molecule has 0 radical (unpaired) electrons. The lowest BCUT2D eigenvalue weighted by Crippen LogP contribution is -2.54. The van der Waals surface area contributed by atoms with Gasteiger partial charge in [0, 0.05) is 32.1 Å². The van der Waals surface area contributed by atoms with Crippen molar-refractivity contribution in [1.29, 1.82) is 0 Å². The fourth-order valence-electron chi connectivity index (χ4n) is 3.06. The smallest absolute Gasteiger partial charge is 0.262 e. The van der Waals surface area contributed by atoms with Crippen LogP contribution in [0.5, 0.6) is 0 Å². The van der Waals surface area contributed by atoms with Crippen molar-refractivity contribution in [2.24, 2.45) is 0 Å². The van der Waals surface area contributed by atoms with Crippen molar-refractivity contribution in [3.05, 3.63) is 29.3 Å². The summed E-state index contributed by atoms with van der Waals surface area (Å²) in [4.78, 5) is 51.5. The molecule has 2 heterocycles. The molecule has 0 aromatic heterocycles. The number of nitrogens with zero attached hydrogens (tertiary/aromatic N) is 2. The zero-order chi connectivity index (χ0) is 18.1. The molecule has 0 bridgehead atoms. The van der Waals surface area contributed by atoms with Crippen molar-refractivity contribution in [3.63, 3.8) is 0 Å². The Kier molecular flexibility index (Phi) is 4.28. The van der Waals surface area contributed by atoms with Crippen LogP contribution < -0.4 is 10.2 Å². The molecule has 1 saturated heterocycles. The van der Waals surface area contributed by atoms with Crippen molar-refractivity contribution in [3.8, 4) is 12.3 Å². The number of imide groups is 2. The fourth-order valence-corrected chi connectivity index (χ4v) is 3.06. The van der Waals surface area contributed by atoms with E-state index in [9.17, 15) is 19.2 Å². The Morgan fingerprint density at radius 1 is 1.24 bits per heavy atom. The standard InChI is InChI=1S/C18H17N3O4/c1-3-4-9-20(2)11-5-6-12-13(10-11)18(25)21(17(12)24)14-7-8-15(22)19-16(14)23/h1,5-6,10,14H,4,7-9H2,2H3,(H,19,22,23). The van der Waals surface area contributed by atoms with Gasteiger partial charge in [0.2, 0.25) is 11.8 Å². The van der Waals surface area contributed by atoms with Gasteiger partial charge in [0.1, 0.15) is 6.04 Å². The van der Waals surface area contributed by atoms with Gasteiger partial charge < -0.3 is 4.90 Å². The van der Waals surface area contributed by atoms with E-state index in [4.69, 9.17) is 6.42 Å². The summed E-state index contributed by atoms with van der Waals surface area (Å²) in [6, 6.07) is 4.02. The Labute approximate surface area is 145 Å². The van der Waals surface area contributed by atoms with Crippen LogP contribution >= 0.6 is 0 Å². The first-order chi connectivity index (χ1) is 11.9. The molecular weight excluding hydrogens is 322 g/mol. The molecule has 1 aromatic rings. The Morgan fingerprint density at radius 2 is 1.96 bits per heavy atom. The molecule has 1 N–H and O–H groups in total. The highest BCUT2D eigenvalue weighted by atomic mass is 16.2. The van der Waals surface area contributed by atoms with Crippen LogP contribution in [0.1, 0.15) is 40.0 Å². The number of anilines is 1. The van der Waals surface area contributed by atoms with E-state index in [-0.39, 0.29) is 24.0 Å². The highest BCUT2D eigenvalue weighted by molar-refractivity contribution is 6.23. The maximum atomic E-state index is 12.7. The number of fused-ring (bicyclic) bond motifs is 1. The average Bonchev–Trinajstić information content (AvgIpc) is 2.84. The quantitative estimate of drug-likeness (QED) is 0.639. The number of carbonyl (C=O) groups is 4. The van der Waals surface area contributed by atoms with Gasteiger partial charge in [0.25, 0.3) is 11.8 Å². The maximum Gasteiger partial charge on any atom is 0.262 e. The van der Waals surface area contributed by atoms with Gasteiger partial charge in [0.15, 0.2) is 0 Å². The van der Waals surface area contributed by atoms with Crippen LogP contribution in [-0.2, 0) is 9.59 Å². The highest BCUT2D eigenvalue weighted by Crippen LogP contribution is 2.30. The summed E-state index contributed by atoms with van der Waals surface area (Å²) in [6.45, 7) is 0.619. The minimum absolute atomic E-state index is 0.101. The second-order valence-electron chi connectivity index (χ2n) is 6.05. The molecule has 1 fully saturated rings. The Balaban J connectivity index is 1.88. The molecule has 1 aromatic carbocycles. The topological polar surface area (TPSA) is 86.8 Å². The molecule has 4 amide bonds. The van der Waals surface area contributed by atoms with Gasteiger partial charge in [-0.15, -0.1) is 12.3 Å². The molecular formula is C18H17N3O4. The van der Waals surface area contributed by atoms with E-state index in [1.807, 2.05) is 11.9 Å². The van der Waals surface area contributed by atoms with E-state index in [2.05, 4.69) is 11.2 Å². The molecule has 0 saturated carbocycles. The summed E-state index contributed by atoms with van der Waals surface area (Å²) in [5, 5.41) is 2.18. The minimum atomic E-state index is -0.951. The molecule has 1 unspecified atom stereocenters. The van der Waals surface area contributed by atoms with Gasteiger partial charge in [-0.3, -0.25) is 29.4 Å². The summed E-state index contributed by atoms with van der Waals surface area (Å²) in [5.74, 6) is 0.526. The van der Waals surface area contributed by atoms with Gasteiger partial charge in [-0.05, 0) is 24.6 Å². The van der Waals surface area contributed by atoms with Crippen LogP contribution in [-0.4, -0.2) is 48.2 Å². The summed E-state index contributed by atoms with van der Waals surface area (Å²) in [5.41, 5.74) is 1.30.